The van der Waals surface area contributed by atoms with Crippen LogP contribution in [0.15, 0.2) is 42.5 Å². The monoisotopic (exact) mass is 380 g/mol. The molecular formula is C21H17ClN2O3. The number of ether oxygens (including phenoxy) is 2. The Morgan fingerprint density at radius 2 is 1.74 bits per heavy atom. The first-order chi connectivity index (χ1) is 13.0. The predicted octanol–water partition coefficient (Wildman–Crippen LogP) is 5.14. The molecule has 1 N–H and O–H groups in total. The van der Waals surface area contributed by atoms with Crippen molar-refractivity contribution in [2.75, 3.05) is 14.2 Å². The van der Waals surface area contributed by atoms with E-state index in [-0.39, 0.29) is 5.69 Å². The van der Waals surface area contributed by atoms with Crippen molar-refractivity contribution in [1.82, 2.24) is 9.97 Å². The van der Waals surface area contributed by atoms with Gasteiger partial charge in [-0.2, -0.15) is 0 Å². The molecule has 27 heavy (non-hydrogen) atoms. The fourth-order valence-corrected chi connectivity index (χ4v) is 3.55. The Morgan fingerprint density at radius 1 is 1.04 bits per heavy atom. The molecule has 2 aromatic heterocycles. The summed E-state index contributed by atoms with van der Waals surface area (Å²) in [6, 6.07) is 13.3. The van der Waals surface area contributed by atoms with E-state index in [1.165, 1.54) is 7.11 Å². The molecule has 6 heteroatoms. The van der Waals surface area contributed by atoms with Crippen LogP contribution in [-0.2, 0) is 4.74 Å². The van der Waals surface area contributed by atoms with Gasteiger partial charge in [-0.05, 0) is 42.8 Å². The summed E-state index contributed by atoms with van der Waals surface area (Å²) in [6.07, 6.45) is 0. The molecule has 2 aromatic carbocycles. The van der Waals surface area contributed by atoms with Crippen LogP contribution >= 0.6 is 11.6 Å². The second kappa shape index (κ2) is 6.59. The lowest BCUT2D eigenvalue weighted by Crippen LogP contribution is -2.05. The Bertz CT molecular complexity index is 1180. The molecule has 0 aliphatic rings. The minimum atomic E-state index is -0.466. The van der Waals surface area contributed by atoms with E-state index in [0.29, 0.717) is 5.02 Å². The topological polar surface area (TPSA) is 64.2 Å². The number of aryl methyl sites for hydroxylation is 1. The third kappa shape index (κ3) is 2.90. The molecule has 0 saturated heterocycles. The highest BCUT2D eigenvalue weighted by atomic mass is 35.5. The van der Waals surface area contributed by atoms with Gasteiger partial charge in [-0.1, -0.05) is 23.7 Å². The van der Waals surface area contributed by atoms with Crippen LogP contribution in [0.4, 0.5) is 0 Å². The van der Waals surface area contributed by atoms with Gasteiger partial charge in [0.15, 0.2) is 0 Å². The lowest BCUT2D eigenvalue weighted by molar-refractivity contribution is 0.0594. The number of methoxy groups -OCH3 is 2. The molecule has 4 rings (SSSR count). The zero-order valence-corrected chi connectivity index (χ0v) is 15.8. The largest absolute Gasteiger partial charge is 0.497 e. The number of nitrogens with one attached hydrogen (secondary N) is 1. The highest BCUT2D eigenvalue weighted by molar-refractivity contribution is 6.32. The number of aromatic nitrogens is 2. The summed E-state index contributed by atoms with van der Waals surface area (Å²) >= 11 is 6.41. The van der Waals surface area contributed by atoms with Crippen molar-refractivity contribution in [2.24, 2.45) is 0 Å². The van der Waals surface area contributed by atoms with Gasteiger partial charge in [0.05, 0.1) is 30.9 Å². The van der Waals surface area contributed by atoms with Gasteiger partial charge < -0.3 is 14.5 Å². The number of pyridine rings is 1. The molecule has 0 spiro atoms. The number of esters is 1. The van der Waals surface area contributed by atoms with Crippen molar-refractivity contribution in [1.29, 1.82) is 0 Å². The Balaban J connectivity index is 2.02. The highest BCUT2D eigenvalue weighted by Gasteiger charge is 2.17. The van der Waals surface area contributed by atoms with Crippen LogP contribution in [0.3, 0.4) is 0 Å². The molecule has 5 nitrogen and oxygen atoms in total. The standard InChI is InChI=1S/C21H17ClN2O3/c1-11-19-17(10-18(23-11)21(25)27-3)16-9-13(22)8-15(20(16)24-19)12-4-6-14(26-2)7-5-12/h4-10,24H,1-3H3. The van der Waals surface area contributed by atoms with Crippen LogP contribution in [0.2, 0.25) is 5.02 Å². The molecule has 0 aliphatic heterocycles. The van der Waals surface area contributed by atoms with Gasteiger partial charge in [-0.3, -0.25) is 0 Å². The minimum Gasteiger partial charge on any atom is -0.497 e. The summed E-state index contributed by atoms with van der Waals surface area (Å²) in [6.45, 7) is 1.86. The number of aromatic amines is 1. The fourth-order valence-electron chi connectivity index (χ4n) is 3.33. The van der Waals surface area contributed by atoms with Crippen LogP contribution in [0.25, 0.3) is 32.9 Å². The average Bonchev–Trinajstić information content (AvgIpc) is 3.06. The van der Waals surface area contributed by atoms with E-state index < -0.39 is 5.97 Å². The SMILES string of the molecule is COC(=O)c1cc2c([nH]c3c(-c4ccc(OC)cc4)cc(Cl)cc32)c(C)n1. The number of carbonyl (C=O) groups excluding carboxylic acids is 1. The summed E-state index contributed by atoms with van der Waals surface area (Å²) in [4.78, 5) is 19.8. The average molecular weight is 381 g/mol. The molecule has 0 saturated carbocycles. The molecule has 0 radical (unpaired) electrons. The maximum Gasteiger partial charge on any atom is 0.356 e. The van der Waals surface area contributed by atoms with Crippen LogP contribution in [0.5, 0.6) is 5.75 Å². The third-order valence-corrected chi connectivity index (χ3v) is 4.86. The maximum absolute atomic E-state index is 12.0. The number of rotatable bonds is 3. The summed E-state index contributed by atoms with van der Waals surface area (Å²) in [5, 5.41) is 2.43. The number of hydrogen-bond donors (Lipinski definition) is 1. The van der Waals surface area contributed by atoms with Gasteiger partial charge in [-0.15, -0.1) is 0 Å². The minimum absolute atomic E-state index is 0.273. The molecule has 136 valence electrons. The quantitative estimate of drug-likeness (QED) is 0.500. The Labute approximate surface area is 160 Å². The van der Waals surface area contributed by atoms with Crippen molar-refractivity contribution in [3.05, 3.63) is 58.9 Å². The molecule has 2 heterocycles. The first-order valence-electron chi connectivity index (χ1n) is 8.37. The highest BCUT2D eigenvalue weighted by Crippen LogP contribution is 2.37. The number of hydrogen-bond acceptors (Lipinski definition) is 4. The van der Waals surface area contributed by atoms with Crippen LogP contribution in [0, 0.1) is 6.92 Å². The summed E-state index contributed by atoms with van der Waals surface area (Å²) in [7, 11) is 2.98. The molecule has 0 aliphatic carbocycles. The van der Waals surface area contributed by atoms with Crippen molar-refractivity contribution in [3.8, 4) is 16.9 Å². The number of fused-ring (bicyclic) bond motifs is 3. The van der Waals surface area contributed by atoms with Gasteiger partial charge in [0, 0.05) is 21.4 Å². The van der Waals surface area contributed by atoms with E-state index in [9.17, 15) is 4.79 Å². The Kier molecular flexibility index (Phi) is 4.24. The number of nitrogens with zero attached hydrogens (tertiary/aromatic N) is 1. The molecule has 0 atom stereocenters. The van der Waals surface area contributed by atoms with E-state index in [2.05, 4.69) is 9.97 Å². The molecule has 0 unspecified atom stereocenters. The normalized spacial score (nSPS) is 11.1. The van der Waals surface area contributed by atoms with E-state index in [4.69, 9.17) is 21.1 Å². The van der Waals surface area contributed by atoms with Crippen LogP contribution in [0.1, 0.15) is 16.2 Å². The molecule has 0 amide bonds. The van der Waals surface area contributed by atoms with Gasteiger partial charge in [-0.25, -0.2) is 9.78 Å². The first kappa shape index (κ1) is 17.4. The summed E-state index contributed by atoms with van der Waals surface area (Å²) in [5.74, 6) is 0.322. The smallest absolute Gasteiger partial charge is 0.356 e. The molecule has 0 fully saturated rings. The van der Waals surface area contributed by atoms with Crippen molar-refractivity contribution in [2.45, 2.75) is 6.92 Å². The van der Waals surface area contributed by atoms with Crippen LogP contribution < -0.4 is 4.74 Å². The van der Waals surface area contributed by atoms with Crippen LogP contribution in [-0.4, -0.2) is 30.2 Å². The van der Waals surface area contributed by atoms with Crippen molar-refractivity contribution >= 4 is 39.4 Å². The van der Waals surface area contributed by atoms with Gasteiger partial charge in [0.2, 0.25) is 0 Å². The second-order valence-electron chi connectivity index (χ2n) is 6.24. The van der Waals surface area contributed by atoms with E-state index >= 15 is 0 Å². The molecule has 4 aromatic rings. The van der Waals surface area contributed by atoms with Gasteiger partial charge >= 0.3 is 5.97 Å². The van der Waals surface area contributed by atoms with Crippen molar-refractivity contribution in [3.63, 3.8) is 0 Å². The van der Waals surface area contributed by atoms with Gasteiger partial charge in [0.1, 0.15) is 11.4 Å². The van der Waals surface area contributed by atoms with Gasteiger partial charge in [0.25, 0.3) is 0 Å². The number of benzene rings is 2. The summed E-state index contributed by atoms with van der Waals surface area (Å²) < 4.78 is 10.1. The predicted molar refractivity (Wildman–Crippen MR) is 107 cm³/mol. The van der Waals surface area contributed by atoms with E-state index in [1.807, 2.05) is 43.3 Å². The molecule has 0 bridgehead atoms. The van der Waals surface area contributed by atoms with Crippen molar-refractivity contribution < 1.29 is 14.3 Å². The summed E-state index contributed by atoms with van der Waals surface area (Å²) in [5.41, 5.74) is 4.78. The third-order valence-electron chi connectivity index (χ3n) is 4.64. The Morgan fingerprint density at radius 3 is 2.41 bits per heavy atom. The lowest BCUT2D eigenvalue weighted by Gasteiger charge is -2.06. The Hall–Kier alpha value is -3.05. The first-order valence-corrected chi connectivity index (χ1v) is 8.75. The fraction of sp³-hybridized carbons (Fsp3) is 0.143. The maximum atomic E-state index is 12.0. The molecular weight excluding hydrogens is 364 g/mol. The second-order valence-corrected chi connectivity index (χ2v) is 6.67. The lowest BCUT2D eigenvalue weighted by atomic mass is 10.0. The van der Waals surface area contributed by atoms with E-state index in [1.54, 1.807) is 13.2 Å². The number of carbonyl (C=O) groups is 1. The number of halogens is 1. The zero-order chi connectivity index (χ0) is 19.1. The zero-order valence-electron chi connectivity index (χ0n) is 15.1. The van der Waals surface area contributed by atoms with E-state index in [0.717, 1.165) is 44.4 Å². The number of H-pyrrole nitrogens is 1.